The molecule has 8 N–H and O–H groups in total. The normalized spacial score (nSPS) is 12.6. The van der Waals surface area contributed by atoms with Crippen molar-refractivity contribution in [3.63, 3.8) is 0 Å². The van der Waals surface area contributed by atoms with Crippen molar-refractivity contribution >= 4 is 35.0 Å². The molecule has 1 heterocycles. The molecule has 3 amide bonds. The van der Waals surface area contributed by atoms with Gasteiger partial charge in [-0.25, -0.2) is 4.98 Å². The highest BCUT2D eigenvalue weighted by molar-refractivity contribution is 6.32. The number of anilines is 1. The van der Waals surface area contributed by atoms with E-state index < -0.39 is 35.6 Å². The minimum absolute atomic E-state index is 0.0411. The molecule has 242 valence electrons. The third-order valence-corrected chi connectivity index (χ3v) is 6.85. The molecule has 0 aliphatic heterocycles. The maximum absolute atomic E-state index is 13.3. The molecule has 0 aliphatic rings. The Morgan fingerprint density at radius 1 is 0.978 bits per heavy atom. The summed E-state index contributed by atoms with van der Waals surface area (Å²) in [6, 6.07) is 13.2. The molecule has 11 nitrogen and oxygen atoms in total. The number of halogens is 4. The van der Waals surface area contributed by atoms with Crippen LogP contribution in [-0.4, -0.2) is 65.9 Å². The second-order valence-electron chi connectivity index (χ2n) is 9.97. The van der Waals surface area contributed by atoms with Gasteiger partial charge in [0.2, 0.25) is 23.6 Å². The number of alkyl halides is 3. The van der Waals surface area contributed by atoms with Crippen LogP contribution in [0.3, 0.4) is 0 Å². The Labute approximate surface area is 263 Å². The highest BCUT2D eigenvalue weighted by atomic mass is 35.5. The maximum Gasteiger partial charge on any atom is 0.417 e. The highest BCUT2D eigenvalue weighted by Crippen LogP contribution is 2.33. The van der Waals surface area contributed by atoms with E-state index in [0.717, 1.165) is 17.7 Å². The number of pyridine rings is 1. The Balaban J connectivity index is 1.69. The van der Waals surface area contributed by atoms with Gasteiger partial charge in [-0.1, -0.05) is 41.9 Å². The van der Waals surface area contributed by atoms with Gasteiger partial charge in [-0.15, -0.1) is 0 Å². The average Bonchev–Trinajstić information content (AvgIpc) is 3.00. The zero-order valence-electron chi connectivity index (χ0n) is 24.2. The Morgan fingerprint density at radius 2 is 1.67 bits per heavy atom. The number of hydrogen-bond acceptors (Lipinski definition) is 8. The summed E-state index contributed by atoms with van der Waals surface area (Å²) >= 11 is 6.31. The van der Waals surface area contributed by atoms with Crippen LogP contribution < -0.4 is 32.6 Å². The van der Waals surface area contributed by atoms with E-state index in [0.29, 0.717) is 12.6 Å². The second kappa shape index (κ2) is 16.7. The van der Waals surface area contributed by atoms with Crippen molar-refractivity contribution in [1.82, 2.24) is 15.2 Å². The van der Waals surface area contributed by atoms with Gasteiger partial charge in [-0.2, -0.15) is 13.2 Å². The van der Waals surface area contributed by atoms with Crippen LogP contribution >= 0.6 is 11.6 Å². The third kappa shape index (κ3) is 11.0. The highest BCUT2D eigenvalue weighted by Gasteiger charge is 2.31. The molecule has 0 unspecified atom stereocenters. The lowest BCUT2D eigenvalue weighted by atomic mass is 10.0. The first kappa shape index (κ1) is 35.2. The zero-order valence-corrected chi connectivity index (χ0v) is 25.0. The van der Waals surface area contributed by atoms with E-state index >= 15 is 0 Å². The molecule has 2 aromatic carbocycles. The Kier molecular flexibility index (Phi) is 13.1. The SMILES string of the molecule is NCCN(CCN)C(=O)C[C@H](N)C(=O)N[C@@H](CCc1ccccc1)C(=O)Nc1ccc(Oc2ccc(C(F)(F)F)cn2)c(Cl)c1. The molecule has 0 saturated heterocycles. The van der Waals surface area contributed by atoms with Crippen LogP contribution in [0.15, 0.2) is 66.9 Å². The number of nitrogens with one attached hydrogen (secondary N) is 2. The van der Waals surface area contributed by atoms with Gasteiger partial charge in [-0.3, -0.25) is 14.4 Å². The van der Waals surface area contributed by atoms with Crippen LogP contribution in [0.25, 0.3) is 0 Å². The molecule has 15 heteroatoms. The van der Waals surface area contributed by atoms with Crippen molar-refractivity contribution in [2.45, 2.75) is 37.5 Å². The summed E-state index contributed by atoms with van der Waals surface area (Å²) < 4.78 is 43.9. The van der Waals surface area contributed by atoms with E-state index in [1.807, 2.05) is 30.3 Å². The fourth-order valence-corrected chi connectivity index (χ4v) is 4.42. The molecule has 0 bridgehead atoms. The van der Waals surface area contributed by atoms with Gasteiger partial charge in [-0.05, 0) is 42.7 Å². The van der Waals surface area contributed by atoms with Crippen molar-refractivity contribution in [2.75, 3.05) is 31.5 Å². The number of rotatable bonds is 15. The monoisotopic (exact) mass is 649 g/mol. The second-order valence-corrected chi connectivity index (χ2v) is 10.4. The third-order valence-electron chi connectivity index (χ3n) is 6.56. The van der Waals surface area contributed by atoms with Crippen molar-refractivity contribution in [1.29, 1.82) is 0 Å². The smallest absolute Gasteiger partial charge is 0.417 e. The van der Waals surface area contributed by atoms with Gasteiger partial charge < -0.3 is 37.5 Å². The summed E-state index contributed by atoms with van der Waals surface area (Å²) in [5.41, 5.74) is 17.4. The standard InChI is InChI=1S/C30H35ClF3N7O4/c31-22-16-21(8-10-25(22)45-26-11-7-20(18-38-26)30(32,33)34)39-29(44)24(9-6-19-4-2-1-3-5-19)40-28(43)23(37)17-27(42)41(14-12-35)15-13-36/h1-5,7-8,10-11,16,18,23-24H,6,9,12-15,17,35-37H2,(H,39,44)(H,40,43)/t23-,24-/m0/s1. The molecule has 0 radical (unpaired) electrons. The van der Waals surface area contributed by atoms with Crippen LogP contribution in [0.1, 0.15) is 24.0 Å². The molecule has 0 fully saturated rings. The predicted molar refractivity (Wildman–Crippen MR) is 163 cm³/mol. The first-order valence-corrected chi connectivity index (χ1v) is 14.4. The summed E-state index contributed by atoms with van der Waals surface area (Å²) in [5.74, 6) is -1.68. The van der Waals surface area contributed by atoms with Crippen LogP contribution in [0.5, 0.6) is 11.6 Å². The van der Waals surface area contributed by atoms with Crippen LogP contribution in [-0.2, 0) is 27.0 Å². The summed E-state index contributed by atoms with van der Waals surface area (Å²) in [6.07, 6.45) is -3.55. The molecule has 0 spiro atoms. The number of carbonyl (C=O) groups is 3. The summed E-state index contributed by atoms with van der Waals surface area (Å²) in [7, 11) is 0. The maximum atomic E-state index is 13.3. The average molecular weight is 650 g/mol. The topological polar surface area (TPSA) is 179 Å². The predicted octanol–water partition coefficient (Wildman–Crippen LogP) is 3.07. The lowest BCUT2D eigenvalue weighted by molar-refractivity contribution is -0.138. The molecule has 0 saturated carbocycles. The van der Waals surface area contributed by atoms with Crippen molar-refractivity contribution in [3.8, 4) is 11.6 Å². The van der Waals surface area contributed by atoms with Gasteiger partial charge in [0, 0.05) is 44.1 Å². The van der Waals surface area contributed by atoms with E-state index in [9.17, 15) is 27.6 Å². The van der Waals surface area contributed by atoms with Crippen molar-refractivity contribution < 1.29 is 32.3 Å². The number of amides is 3. The molecule has 3 aromatic rings. The van der Waals surface area contributed by atoms with Crippen molar-refractivity contribution in [3.05, 3.63) is 83.0 Å². The number of nitrogens with two attached hydrogens (primary N) is 3. The van der Waals surface area contributed by atoms with Gasteiger partial charge in [0.25, 0.3) is 0 Å². The molecule has 2 atom stereocenters. The fraction of sp³-hybridized carbons (Fsp3) is 0.333. The van der Waals surface area contributed by atoms with Gasteiger partial charge in [0.1, 0.15) is 11.8 Å². The number of aromatic nitrogens is 1. The summed E-state index contributed by atoms with van der Waals surface area (Å²) in [6.45, 7) is 0.968. The Bertz CT molecular complexity index is 1420. The van der Waals surface area contributed by atoms with Crippen LogP contribution in [0, 0.1) is 0 Å². The van der Waals surface area contributed by atoms with E-state index in [1.54, 1.807) is 0 Å². The van der Waals surface area contributed by atoms with Gasteiger partial charge in [0.15, 0.2) is 0 Å². The molecular formula is C30H35ClF3N7O4. The number of hydrogen-bond donors (Lipinski definition) is 5. The molecule has 3 rings (SSSR count). The van der Waals surface area contributed by atoms with Crippen LogP contribution in [0.2, 0.25) is 5.02 Å². The Morgan fingerprint density at radius 3 is 2.24 bits per heavy atom. The first-order chi connectivity index (χ1) is 21.4. The quantitative estimate of drug-likeness (QED) is 0.167. The minimum Gasteiger partial charge on any atom is -0.437 e. The number of ether oxygens (including phenoxy) is 1. The first-order valence-electron chi connectivity index (χ1n) is 14.0. The Hall–Kier alpha value is -4.24. The lowest BCUT2D eigenvalue weighted by Crippen LogP contribution is -2.52. The largest absolute Gasteiger partial charge is 0.437 e. The summed E-state index contributed by atoms with van der Waals surface area (Å²) in [4.78, 5) is 44.1. The molecule has 0 aliphatic carbocycles. The van der Waals surface area contributed by atoms with E-state index in [-0.39, 0.29) is 67.3 Å². The van der Waals surface area contributed by atoms with Gasteiger partial charge in [0.05, 0.1) is 23.0 Å². The minimum atomic E-state index is -4.54. The lowest BCUT2D eigenvalue weighted by Gasteiger charge is -2.24. The fourth-order valence-electron chi connectivity index (χ4n) is 4.20. The number of nitrogens with zero attached hydrogens (tertiary/aromatic N) is 2. The summed E-state index contributed by atoms with van der Waals surface area (Å²) in [5, 5.41) is 5.38. The van der Waals surface area contributed by atoms with E-state index in [2.05, 4.69) is 15.6 Å². The van der Waals surface area contributed by atoms with Gasteiger partial charge >= 0.3 is 6.18 Å². The number of aryl methyl sites for hydroxylation is 1. The zero-order chi connectivity index (χ0) is 33.0. The van der Waals surface area contributed by atoms with Crippen LogP contribution in [0.4, 0.5) is 18.9 Å². The number of carbonyl (C=O) groups excluding carboxylic acids is 3. The van der Waals surface area contributed by atoms with E-state index in [1.165, 1.54) is 23.1 Å². The van der Waals surface area contributed by atoms with E-state index in [4.69, 9.17) is 33.5 Å². The molecule has 1 aromatic heterocycles. The molecule has 45 heavy (non-hydrogen) atoms. The van der Waals surface area contributed by atoms with Crippen molar-refractivity contribution in [2.24, 2.45) is 17.2 Å². The number of benzene rings is 2. The molecular weight excluding hydrogens is 615 g/mol.